The number of nitrogens with zero attached hydrogens (tertiary/aromatic N) is 5. The normalized spacial score (nSPS) is 26.4. The van der Waals surface area contributed by atoms with Crippen molar-refractivity contribution >= 4 is 16.0 Å². The Bertz CT molecular complexity index is 615. The summed E-state index contributed by atoms with van der Waals surface area (Å²) >= 11 is 0. The van der Waals surface area contributed by atoms with Gasteiger partial charge in [0, 0.05) is 33.2 Å². The number of anilines is 1. The van der Waals surface area contributed by atoms with Gasteiger partial charge in [0.05, 0.1) is 12.3 Å². The summed E-state index contributed by atoms with van der Waals surface area (Å²) in [6, 6.07) is 0.0810. The fraction of sp³-hybridized carbons (Fsp3) is 0.846. The molecule has 0 spiro atoms. The fourth-order valence-electron chi connectivity index (χ4n) is 3.16. The highest BCUT2D eigenvalue weighted by atomic mass is 32.2. The lowest BCUT2D eigenvalue weighted by Gasteiger charge is -2.36. The van der Waals surface area contributed by atoms with Gasteiger partial charge in [-0.1, -0.05) is 0 Å². The summed E-state index contributed by atoms with van der Waals surface area (Å²) in [4.78, 5) is 8.33. The van der Waals surface area contributed by atoms with Crippen molar-refractivity contribution in [3.05, 3.63) is 5.89 Å². The molecule has 124 valence electrons. The van der Waals surface area contributed by atoms with Gasteiger partial charge >= 0.3 is 0 Å². The van der Waals surface area contributed by atoms with Crippen molar-refractivity contribution in [2.45, 2.75) is 31.8 Å². The maximum atomic E-state index is 12.1. The van der Waals surface area contributed by atoms with Crippen LogP contribution in [-0.2, 0) is 16.6 Å². The van der Waals surface area contributed by atoms with Crippen LogP contribution >= 0.6 is 0 Å². The van der Waals surface area contributed by atoms with Gasteiger partial charge in [-0.2, -0.15) is 9.29 Å². The predicted octanol–water partition coefficient (Wildman–Crippen LogP) is 0.136. The molecule has 0 N–H and O–H groups in total. The van der Waals surface area contributed by atoms with Crippen LogP contribution in [0.4, 0.5) is 5.95 Å². The van der Waals surface area contributed by atoms with E-state index >= 15 is 0 Å². The van der Waals surface area contributed by atoms with Crippen molar-refractivity contribution < 1.29 is 12.9 Å². The van der Waals surface area contributed by atoms with Crippen LogP contribution in [0.15, 0.2) is 4.52 Å². The van der Waals surface area contributed by atoms with E-state index in [4.69, 9.17) is 4.52 Å². The molecule has 22 heavy (non-hydrogen) atoms. The Morgan fingerprint density at radius 1 is 1.32 bits per heavy atom. The van der Waals surface area contributed by atoms with Crippen LogP contribution in [0.1, 0.15) is 25.2 Å². The van der Waals surface area contributed by atoms with Crippen molar-refractivity contribution in [2.75, 3.05) is 44.4 Å². The summed E-state index contributed by atoms with van der Waals surface area (Å²) in [5.41, 5.74) is 0. The topological polar surface area (TPSA) is 82.8 Å². The molecular weight excluding hydrogens is 306 g/mol. The van der Waals surface area contributed by atoms with Gasteiger partial charge < -0.3 is 9.42 Å². The molecule has 2 saturated heterocycles. The zero-order valence-electron chi connectivity index (χ0n) is 13.1. The van der Waals surface area contributed by atoms with Crippen LogP contribution in [0.3, 0.4) is 0 Å². The van der Waals surface area contributed by atoms with Gasteiger partial charge in [-0.3, -0.25) is 4.90 Å². The Kier molecular flexibility index (Phi) is 4.37. The van der Waals surface area contributed by atoms with Crippen LogP contribution in [0, 0.1) is 0 Å². The number of hydrogen-bond acceptors (Lipinski definition) is 7. The van der Waals surface area contributed by atoms with E-state index in [1.54, 1.807) is 9.21 Å². The maximum absolute atomic E-state index is 12.1. The number of likely N-dealkylation sites (tertiary alicyclic amines) is 1. The molecule has 1 atom stereocenters. The second kappa shape index (κ2) is 6.13. The molecule has 0 radical (unpaired) electrons. The molecule has 2 aliphatic rings. The average molecular weight is 329 g/mol. The van der Waals surface area contributed by atoms with Crippen LogP contribution in [0.2, 0.25) is 0 Å². The van der Waals surface area contributed by atoms with Gasteiger partial charge in [-0.05, 0) is 31.0 Å². The summed E-state index contributed by atoms with van der Waals surface area (Å²) in [5, 5.41) is 3.91. The van der Waals surface area contributed by atoms with Gasteiger partial charge in [-0.25, -0.2) is 8.42 Å². The first-order chi connectivity index (χ1) is 10.5. The van der Waals surface area contributed by atoms with E-state index in [-0.39, 0.29) is 6.04 Å². The molecule has 0 unspecified atom stereocenters. The second-order valence-electron chi connectivity index (χ2n) is 6.19. The lowest BCUT2D eigenvalue weighted by molar-refractivity contribution is 0.133. The fourth-order valence-corrected chi connectivity index (χ4v) is 4.92. The number of rotatable bonds is 4. The van der Waals surface area contributed by atoms with Crippen molar-refractivity contribution in [3.8, 4) is 0 Å². The van der Waals surface area contributed by atoms with E-state index in [2.05, 4.69) is 15.0 Å². The summed E-state index contributed by atoms with van der Waals surface area (Å²) in [6.07, 6.45) is 2.67. The number of hydrogen-bond donors (Lipinski definition) is 0. The summed E-state index contributed by atoms with van der Waals surface area (Å²) < 4.78 is 31.1. The minimum atomic E-state index is -3.04. The molecule has 3 heterocycles. The third-order valence-electron chi connectivity index (χ3n) is 4.24. The Balaban J connectivity index is 1.63. The van der Waals surface area contributed by atoms with Gasteiger partial charge in [0.2, 0.25) is 15.9 Å². The van der Waals surface area contributed by atoms with Gasteiger partial charge in [0.25, 0.3) is 5.95 Å². The van der Waals surface area contributed by atoms with Crippen molar-refractivity contribution in [1.29, 1.82) is 0 Å². The first-order valence-corrected chi connectivity index (χ1v) is 9.28. The van der Waals surface area contributed by atoms with E-state index < -0.39 is 10.0 Å². The molecule has 2 fully saturated rings. The molecule has 2 aliphatic heterocycles. The van der Waals surface area contributed by atoms with E-state index in [0.29, 0.717) is 30.7 Å². The van der Waals surface area contributed by atoms with Crippen molar-refractivity contribution in [1.82, 2.24) is 19.3 Å². The highest BCUT2D eigenvalue weighted by Crippen LogP contribution is 2.24. The van der Waals surface area contributed by atoms with Crippen LogP contribution in [0.5, 0.6) is 0 Å². The first kappa shape index (κ1) is 15.7. The molecule has 0 amide bonds. The van der Waals surface area contributed by atoms with Crippen molar-refractivity contribution in [3.63, 3.8) is 0 Å². The third-order valence-corrected chi connectivity index (χ3v) is 6.24. The molecule has 1 aromatic rings. The Labute approximate surface area is 131 Å². The molecule has 0 aliphatic carbocycles. The molecule has 1 aromatic heterocycles. The van der Waals surface area contributed by atoms with Crippen LogP contribution < -0.4 is 4.90 Å². The monoisotopic (exact) mass is 329 g/mol. The van der Waals surface area contributed by atoms with E-state index in [0.717, 1.165) is 32.4 Å². The summed E-state index contributed by atoms with van der Waals surface area (Å²) in [5.74, 6) is 1.43. The SMILES string of the molecule is CN(C)c1noc(CN2CCC[C@@H](N3CCCS3(=O)=O)C2)n1. The Hall–Kier alpha value is -1.19. The third kappa shape index (κ3) is 3.26. The quantitative estimate of drug-likeness (QED) is 0.777. The Morgan fingerprint density at radius 2 is 2.14 bits per heavy atom. The smallest absolute Gasteiger partial charge is 0.265 e. The maximum Gasteiger partial charge on any atom is 0.265 e. The van der Waals surface area contributed by atoms with E-state index in [1.807, 2.05) is 14.1 Å². The lowest BCUT2D eigenvalue weighted by Crippen LogP contribution is -2.48. The van der Waals surface area contributed by atoms with Crippen LogP contribution in [0.25, 0.3) is 0 Å². The van der Waals surface area contributed by atoms with Crippen LogP contribution in [-0.4, -0.2) is 73.3 Å². The zero-order valence-corrected chi connectivity index (χ0v) is 13.9. The molecule has 0 saturated carbocycles. The second-order valence-corrected chi connectivity index (χ2v) is 8.24. The average Bonchev–Trinajstić information content (AvgIpc) is 3.05. The first-order valence-electron chi connectivity index (χ1n) is 7.67. The molecule has 3 rings (SSSR count). The number of aromatic nitrogens is 2. The van der Waals surface area contributed by atoms with Gasteiger partial charge in [-0.15, -0.1) is 0 Å². The largest absolute Gasteiger partial charge is 0.344 e. The highest BCUT2D eigenvalue weighted by molar-refractivity contribution is 7.89. The minimum absolute atomic E-state index is 0.0810. The minimum Gasteiger partial charge on any atom is -0.344 e. The van der Waals surface area contributed by atoms with E-state index in [1.165, 1.54) is 0 Å². The molecular formula is C13H23N5O3S. The van der Waals surface area contributed by atoms with Gasteiger partial charge in [0.15, 0.2) is 0 Å². The summed E-state index contributed by atoms with van der Waals surface area (Å²) in [7, 11) is 0.688. The van der Waals surface area contributed by atoms with Gasteiger partial charge in [0.1, 0.15) is 0 Å². The number of piperidine rings is 1. The zero-order chi connectivity index (χ0) is 15.7. The lowest BCUT2D eigenvalue weighted by atomic mass is 10.1. The summed E-state index contributed by atoms with van der Waals surface area (Å²) in [6.45, 7) is 2.90. The molecule has 0 aromatic carbocycles. The Morgan fingerprint density at radius 3 is 2.77 bits per heavy atom. The van der Waals surface area contributed by atoms with Crippen molar-refractivity contribution in [2.24, 2.45) is 0 Å². The standard InChI is InChI=1S/C13H23N5O3S/c1-16(2)13-14-12(21-15-13)10-17-6-3-5-11(9-17)18-7-4-8-22(18,19)20/h11H,3-10H2,1-2H3/t11-/m1/s1. The predicted molar refractivity (Wildman–Crippen MR) is 82.0 cm³/mol. The highest BCUT2D eigenvalue weighted by Gasteiger charge is 2.36. The van der Waals surface area contributed by atoms with E-state index in [9.17, 15) is 8.42 Å². The number of sulfonamides is 1. The molecule has 0 bridgehead atoms. The molecule has 8 nitrogen and oxygen atoms in total. The molecule has 9 heteroatoms.